The van der Waals surface area contributed by atoms with Gasteiger partial charge in [0.15, 0.2) is 0 Å². The highest BCUT2D eigenvalue weighted by molar-refractivity contribution is 6.91. The van der Waals surface area contributed by atoms with E-state index in [1.807, 2.05) is 0 Å². The van der Waals surface area contributed by atoms with Gasteiger partial charge in [0.1, 0.15) is 22.3 Å². The van der Waals surface area contributed by atoms with Gasteiger partial charge in [0.05, 0.1) is 5.69 Å². The number of hydrogen-bond donors (Lipinski definition) is 0. The predicted molar refractivity (Wildman–Crippen MR) is 432 cm³/mol. The Balaban J connectivity index is 0.699. The molecule has 25 rings (SSSR count). The number of aromatic nitrogens is 2. The summed E-state index contributed by atoms with van der Waals surface area (Å²) in [6, 6.07) is 114. The molecule has 0 atom stereocenters. The summed E-state index contributed by atoms with van der Waals surface area (Å²) in [6.45, 7) is 4.48. The van der Waals surface area contributed by atoms with E-state index in [1.54, 1.807) is 0 Å². The van der Waals surface area contributed by atoms with Crippen molar-refractivity contribution in [1.29, 1.82) is 0 Å². The Hall–Kier alpha value is -13.0. The first-order valence-corrected chi connectivity index (χ1v) is 36.0. The summed E-state index contributed by atoms with van der Waals surface area (Å²) in [5, 5.41) is 14.3. The van der Waals surface area contributed by atoms with Crippen molar-refractivity contribution in [3.63, 3.8) is 0 Å². The number of furan rings is 2. The molecule has 8 heteroatoms. The van der Waals surface area contributed by atoms with Crippen LogP contribution in [0.25, 0.3) is 165 Å². The van der Waals surface area contributed by atoms with Crippen molar-refractivity contribution in [1.82, 2.24) is 8.96 Å². The molecular weight excluding hydrogens is 1250 g/mol. The quantitative estimate of drug-likeness (QED) is 0.165. The van der Waals surface area contributed by atoms with E-state index in [9.17, 15) is 0 Å². The number of nitrogens with zero attached hydrogens (tertiary/aromatic N) is 4. The van der Waals surface area contributed by atoms with E-state index in [2.05, 4.69) is 336 Å². The number of rotatable bonds is 4. The van der Waals surface area contributed by atoms with Gasteiger partial charge in [-0.15, -0.1) is 0 Å². The Morgan fingerprint density at radius 3 is 1.54 bits per heavy atom. The topological polar surface area (TPSA) is 42.6 Å². The third-order valence-electron chi connectivity index (χ3n) is 24.3. The van der Waals surface area contributed by atoms with Gasteiger partial charge >= 0.3 is 13.7 Å². The smallest absolute Gasteiger partial charge is 0.333 e. The Morgan fingerprint density at radius 2 is 0.816 bits per heavy atom. The lowest BCUT2D eigenvalue weighted by Crippen LogP contribution is -2.58. The maximum Gasteiger partial charge on any atom is 0.333 e. The largest absolute Gasteiger partial charge is 0.455 e. The van der Waals surface area contributed by atoms with Crippen molar-refractivity contribution >= 4 is 179 Å². The lowest BCUT2D eigenvalue weighted by Gasteiger charge is -2.48. The number of para-hydroxylation sites is 5. The second kappa shape index (κ2) is 19.3. The average Bonchev–Trinajstić information content (AvgIpc) is 1.57. The molecule has 0 saturated carbocycles. The first-order valence-electron chi connectivity index (χ1n) is 36.0. The molecule has 0 unspecified atom stereocenters. The third kappa shape index (κ3) is 6.96. The van der Waals surface area contributed by atoms with E-state index in [0.29, 0.717) is 0 Å². The number of benzene rings is 16. The molecular formula is C95H56B2N4O2. The van der Waals surface area contributed by atoms with Gasteiger partial charge in [-0.3, -0.25) is 0 Å². The van der Waals surface area contributed by atoms with E-state index >= 15 is 0 Å². The van der Waals surface area contributed by atoms with Gasteiger partial charge in [-0.05, 0) is 173 Å². The van der Waals surface area contributed by atoms with Crippen molar-refractivity contribution in [2.45, 2.75) is 19.3 Å². The maximum absolute atomic E-state index is 7.62. The first-order chi connectivity index (χ1) is 50.8. The Kier molecular flexibility index (Phi) is 10.3. The third-order valence-corrected chi connectivity index (χ3v) is 24.3. The molecule has 0 bridgehead atoms. The van der Waals surface area contributed by atoms with Crippen molar-refractivity contribution in [2.24, 2.45) is 0 Å². The molecule has 0 spiro atoms. The minimum atomic E-state index is -0.233. The molecule has 16 aromatic carbocycles. The lowest BCUT2D eigenvalue weighted by molar-refractivity contribution is 0.632. The molecule has 9 heterocycles. The van der Waals surface area contributed by atoms with Gasteiger partial charge < -0.3 is 27.6 Å². The van der Waals surface area contributed by atoms with Gasteiger partial charge in [0, 0.05) is 121 Å². The molecule has 4 aromatic heterocycles. The van der Waals surface area contributed by atoms with E-state index in [4.69, 9.17) is 8.83 Å². The highest BCUT2D eigenvalue weighted by atomic mass is 16.3. The molecule has 5 aliphatic rings. The second-order valence-electron chi connectivity index (χ2n) is 29.7. The number of anilines is 6. The average molecular weight is 1310 g/mol. The van der Waals surface area contributed by atoms with Crippen LogP contribution in [0, 0.1) is 0 Å². The molecule has 0 radical (unpaired) electrons. The SMILES string of the molecule is CC1(C)c2ccccc2N2c3cc4c(oc5ccccc54)c4c3B(c3cccc1c32)n1c2cc3ccc(-c5ccc6c(c5)oc5c7c8c(cc56)N(c5ccc(-c6ccccc6)cc5)c5ccc(-c6ccccc6)cc5B8n5c6cc8ccccc8cc6c6cccc-7c65)cc3cc2c2cccc-4c21. The van der Waals surface area contributed by atoms with Crippen LogP contribution in [0.5, 0.6) is 0 Å². The minimum Gasteiger partial charge on any atom is -0.455 e. The van der Waals surface area contributed by atoms with Crippen molar-refractivity contribution in [3.05, 3.63) is 314 Å². The summed E-state index contributed by atoms with van der Waals surface area (Å²) in [6.07, 6.45) is 0. The summed E-state index contributed by atoms with van der Waals surface area (Å²) in [7, 11) is 0. The summed E-state index contributed by atoms with van der Waals surface area (Å²) < 4.78 is 20.1. The van der Waals surface area contributed by atoms with Crippen LogP contribution in [0.1, 0.15) is 25.0 Å². The molecule has 5 aliphatic heterocycles. The fourth-order valence-corrected chi connectivity index (χ4v) is 19.9. The monoisotopic (exact) mass is 1310 g/mol. The number of fused-ring (bicyclic) bond motifs is 26. The Bertz CT molecular complexity index is 7300. The van der Waals surface area contributed by atoms with Crippen molar-refractivity contribution < 1.29 is 8.83 Å². The fourth-order valence-electron chi connectivity index (χ4n) is 19.9. The molecule has 103 heavy (non-hydrogen) atoms. The minimum absolute atomic E-state index is 0.126. The van der Waals surface area contributed by atoms with Crippen LogP contribution in [-0.2, 0) is 5.41 Å². The summed E-state index contributed by atoms with van der Waals surface area (Å²) in [5.74, 6) is 0. The lowest BCUT2D eigenvalue weighted by atomic mass is 9.44. The highest BCUT2D eigenvalue weighted by Gasteiger charge is 2.50. The highest BCUT2D eigenvalue weighted by Crippen LogP contribution is 2.57. The van der Waals surface area contributed by atoms with Crippen LogP contribution in [0.2, 0.25) is 0 Å². The normalized spacial score (nSPS) is 14.1. The van der Waals surface area contributed by atoms with Crippen LogP contribution >= 0.6 is 0 Å². The van der Waals surface area contributed by atoms with Crippen LogP contribution in [0.3, 0.4) is 0 Å². The summed E-state index contributed by atoms with van der Waals surface area (Å²) in [5.41, 5.74) is 34.9. The van der Waals surface area contributed by atoms with E-state index in [0.717, 1.165) is 77.6 Å². The molecule has 20 aromatic rings. The Morgan fingerprint density at radius 1 is 0.301 bits per heavy atom. The zero-order valence-electron chi connectivity index (χ0n) is 56.1. The summed E-state index contributed by atoms with van der Waals surface area (Å²) >= 11 is 0. The van der Waals surface area contributed by atoms with Crippen LogP contribution in [0.15, 0.2) is 312 Å². The molecule has 0 amide bonds. The molecule has 474 valence electrons. The van der Waals surface area contributed by atoms with Crippen LogP contribution in [0.4, 0.5) is 34.1 Å². The Labute approximate surface area is 591 Å². The van der Waals surface area contributed by atoms with Crippen molar-refractivity contribution in [3.8, 4) is 55.6 Å². The zero-order valence-corrected chi connectivity index (χ0v) is 56.1. The first kappa shape index (κ1) is 54.8. The second-order valence-corrected chi connectivity index (χ2v) is 29.7. The van der Waals surface area contributed by atoms with Crippen LogP contribution in [-0.4, -0.2) is 22.7 Å². The van der Waals surface area contributed by atoms with Gasteiger partial charge in [0.25, 0.3) is 0 Å². The molecule has 6 nitrogen and oxygen atoms in total. The molecule has 0 N–H and O–H groups in total. The van der Waals surface area contributed by atoms with Gasteiger partial charge in [-0.25, -0.2) is 0 Å². The van der Waals surface area contributed by atoms with Crippen LogP contribution < -0.4 is 31.7 Å². The van der Waals surface area contributed by atoms with Gasteiger partial charge in [-0.2, -0.15) is 0 Å². The molecule has 0 aliphatic carbocycles. The molecule has 0 fully saturated rings. The van der Waals surface area contributed by atoms with Gasteiger partial charge in [-0.1, -0.05) is 232 Å². The van der Waals surface area contributed by atoms with Crippen molar-refractivity contribution in [2.75, 3.05) is 9.80 Å². The zero-order chi connectivity index (χ0) is 67.0. The van der Waals surface area contributed by atoms with Gasteiger partial charge in [0.2, 0.25) is 0 Å². The molecule has 0 saturated heterocycles. The number of hydrogen-bond acceptors (Lipinski definition) is 4. The standard InChI is InChI=1S/C95H56B2N4O2/c1-95(2)74-29-12-13-32-78(74)99-83-52-72-64-24-11-14-33-84(64)102-93(72)87-69-28-16-26-67-71-46-62-44-58(34-35-60(62)49-81(71)100(90(67)69)96(89(83)87)76-31-17-30-75(95)92(76)99)61-38-42-65-73-51-82-88-86(94(73)103-85(65)50-61)68-27-15-25-66-70-45-56-22-9-10-23-57(56)48-80(70)101(91(66)68)97(88)77-47-59(54-20-7-4-8-21-54)39-43-79(77)98(82)63-40-36-55(37-41-63)53-18-5-3-6-19-53/h3-52H,1-2H3. The predicted octanol–water partition coefficient (Wildman–Crippen LogP) is 22.5. The van der Waals surface area contributed by atoms with E-state index in [1.165, 1.54) is 154 Å². The fraction of sp³-hybridized carbons (Fsp3) is 0.0316. The van der Waals surface area contributed by atoms with E-state index < -0.39 is 0 Å². The summed E-state index contributed by atoms with van der Waals surface area (Å²) in [4.78, 5) is 5.13. The maximum atomic E-state index is 7.62. The van der Waals surface area contributed by atoms with E-state index in [-0.39, 0.29) is 19.1 Å².